The quantitative estimate of drug-likeness (QED) is 0.648. The average molecular weight is 436 g/mol. The second-order valence-electron chi connectivity index (χ2n) is 9.21. The normalized spacial score (nSPS) is 20.6. The fourth-order valence-electron chi connectivity index (χ4n) is 4.84. The Kier molecular flexibility index (Phi) is 6.80. The predicted molar refractivity (Wildman–Crippen MR) is 125 cm³/mol. The molecule has 3 N–H and O–H groups in total. The summed E-state index contributed by atoms with van der Waals surface area (Å²) in [5.74, 6) is 0.0521. The number of nitrogens with one attached hydrogen (secondary N) is 2. The summed E-state index contributed by atoms with van der Waals surface area (Å²) in [7, 11) is 2.11. The third-order valence-corrected chi connectivity index (χ3v) is 6.89. The molecule has 6 nitrogen and oxygen atoms in total. The van der Waals surface area contributed by atoms with Crippen molar-refractivity contribution in [1.82, 2.24) is 15.5 Å². The van der Waals surface area contributed by atoms with Gasteiger partial charge in [-0.25, -0.2) is 0 Å². The van der Waals surface area contributed by atoms with Gasteiger partial charge in [-0.3, -0.25) is 9.59 Å². The summed E-state index contributed by atoms with van der Waals surface area (Å²) >= 11 is 0. The van der Waals surface area contributed by atoms with Crippen molar-refractivity contribution in [2.45, 2.75) is 64.1 Å². The predicted octanol–water partition coefficient (Wildman–Crippen LogP) is 3.61. The zero-order valence-corrected chi connectivity index (χ0v) is 19.0. The summed E-state index contributed by atoms with van der Waals surface area (Å²) in [6.45, 7) is 3.30. The van der Waals surface area contributed by atoms with E-state index in [0.29, 0.717) is 24.6 Å². The van der Waals surface area contributed by atoms with Crippen molar-refractivity contribution in [3.8, 4) is 5.75 Å². The molecule has 1 fully saturated rings. The van der Waals surface area contributed by atoms with Crippen LogP contribution in [0.15, 0.2) is 36.4 Å². The molecule has 2 aromatic rings. The number of phenolic OH excluding ortho intramolecular Hbond substituents is 1. The Morgan fingerprint density at radius 3 is 2.75 bits per heavy atom. The summed E-state index contributed by atoms with van der Waals surface area (Å²) in [5.41, 5.74) is 4.65. The molecule has 1 aliphatic carbocycles. The first-order valence-corrected chi connectivity index (χ1v) is 11.6. The Balaban J connectivity index is 1.32. The van der Waals surface area contributed by atoms with E-state index in [1.54, 1.807) is 19.1 Å². The molecule has 0 unspecified atom stereocenters. The number of benzene rings is 2. The Morgan fingerprint density at radius 1 is 1.12 bits per heavy atom. The number of hydrogen-bond acceptors (Lipinski definition) is 4. The highest BCUT2D eigenvalue weighted by molar-refractivity contribution is 5.94. The van der Waals surface area contributed by atoms with Crippen LogP contribution in [-0.4, -0.2) is 41.5 Å². The highest BCUT2D eigenvalue weighted by atomic mass is 16.3. The number of aryl methyl sites for hydroxylation is 2. The molecule has 0 bridgehead atoms. The van der Waals surface area contributed by atoms with Crippen molar-refractivity contribution < 1.29 is 14.7 Å². The van der Waals surface area contributed by atoms with E-state index in [4.69, 9.17) is 0 Å². The lowest BCUT2D eigenvalue weighted by Crippen LogP contribution is -2.40. The Labute approximate surface area is 190 Å². The SMILES string of the molecule is Cc1ccc(C(=O)NCc2ccc3c(c2)CC[C@@H]3NC(=O)C[C@H]2CCCCN2C)cc1O. The molecule has 170 valence electrons. The van der Waals surface area contributed by atoms with Gasteiger partial charge in [-0.15, -0.1) is 0 Å². The number of aromatic hydroxyl groups is 1. The van der Waals surface area contributed by atoms with Gasteiger partial charge in [-0.2, -0.15) is 0 Å². The molecular weight excluding hydrogens is 402 g/mol. The highest BCUT2D eigenvalue weighted by Gasteiger charge is 2.27. The number of likely N-dealkylation sites (tertiary alicyclic amines) is 1. The summed E-state index contributed by atoms with van der Waals surface area (Å²) in [6.07, 6.45) is 5.95. The molecule has 6 heteroatoms. The number of amides is 2. The van der Waals surface area contributed by atoms with Crippen molar-refractivity contribution in [2.75, 3.05) is 13.6 Å². The van der Waals surface area contributed by atoms with Gasteiger partial charge < -0.3 is 20.6 Å². The van der Waals surface area contributed by atoms with Crippen molar-refractivity contribution >= 4 is 11.8 Å². The first kappa shape index (κ1) is 22.3. The van der Waals surface area contributed by atoms with Crippen LogP contribution in [0.4, 0.5) is 0 Å². The summed E-state index contributed by atoms with van der Waals surface area (Å²) < 4.78 is 0. The van der Waals surface area contributed by atoms with Crippen LogP contribution in [0.3, 0.4) is 0 Å². The summed E-state index contributed by atoms with van der Waals surface area (Å²) in [6, 6.07) is 11.6. The first-order valence-electron chi connectivity index (χ1n) is 11.6. The summed E-state index contributed by atoms with van der Waals surface area (Å²) in [4.78, 5) is 27.4. The van der Waals surface area contributed by atoms with Gasteiger partial charge in [-0.1, -0.05) is 30.7 Å². The second-order valence-corrected chi connectivity index (χ2v) is 9.21. The third-order valence-electron chi connectivity index (χ3n) is 6.89. The lowest BCUT2D eigenvalue weighted by atomic mass is 9.99. The van der Waals surface area contributed by atoms with Crippen LogP contribution >= 0.6 is 0 Å². The largest absolute Gasteiger partial charge is 0.508 e. The van der Waals surface area contributed by atoms with Gasteiger partial charge in [0.2, 0.25) is 5.91 Å². The zero-order valence-electron chi connectivity index (χ0n) is 19.0. The maximum absolute atomic E-state index is 12.6. The van der Waals surface area contributed by atoms with E-state index in [0.717, 1.165) is 36.9 Å². The number of rotatable bonds is 6. The van der Waals surface area contributed by atoms with Crippen LogP contribution in [0.5, 0.6) is 5.75 Å². The van der Waals surface area contributed by atoms with Gasteiger partial charge in [0.15, 0.2) is 0 Å². The monoisotopic (exact) mass is 435 g/mol. The molecule has 1 aliphatic heterocycles. The molecule has 2 amide bonds. The molecule has 32 heavy (non-hydrogen) atoms. The highest BCUT2D eigenvalue weighted by Crippen LogP contribution is 2.32. The van der Waals surface area contributed by atoms with Crippen molar-refractivity contribution in [2.24, 2.45) is 0 Å². The fourth-order valence-corrected chi connectivity index (χ4v) is 4.84. The molecule has 0 spiro atoms. The third kappa shape index (κ3) is 5.13. The van der Waals surface area contributed by atoms with Crippen LogP contribution < -0.4 is 10.6 Å². The van der Waals surface area contributed by atoms with E-state index in [9.17, 15) is 14.7 Å². The molecule has 1 saturated heterocycles. The number of carbonyl (C=O) groups is 2. The van der Waals surface area contributed by atoms with Gasteiger partial charge in [0, 0.05) is 24.6 Å². The fraction of sp³-hybridized carbons (Fsp3) is 0.462. The summed E-state index contributed by atoms with van der Waals surface area (Å²) in [5, 5.41) is 16.0. The number of fused-ring (bicyclic) bond motifs is 1. The van der Waals surface area contributed by atoms with E-state index in [2.05, 4.69) is 34.7 Å². The van der Waals surface area contributed by atoms with Crippen LogP contribution in [0.25, 0.3) is 0 Å². The first-order chi connectivity index (χ1) is 15.4. The molecule has 1 heterocycles. The topological polar surface area (TPSA) is 81.7 Å². The molecule has 0 aromatic heterocycles. The number of hydrogen-bond donors (Lipinski definition) is 3. The van der Waals surface area contributed by atoms with Gasteiger partial charge >= 0.3 is 0 Å². The van der Waals surface area contributed by atoms with Crippen molar-refractivity contribution in [3.05, 3.63) is 64.2 Å². The minimum Gasteiger partial charge on any atom is -0.508 e. The minimum absolute atomic E-state index is 0.0746. The molecule has 2 atom stereocenters. The molecule has 2 aliphatic rings. The molecule has 2 aromatic carbocycles. The zero-order chi connectivity index (χ0) is 22.7. The van der Waals surface area contributed by atoms with Gasteiger partial charge in [0.05, 0.1) is 6.04 Å². The lowest BCUT2D eigenvalue weighted by molar-refractivity contribution is -0.123. The van der Waals surface area contributed by atoms with E-state index in [-0.39, 0.29) is 23.6 Å². The minimum atomic E-state index is -0.210. The lowest BCUT2D eigenvalue weighted by Gasteiger charge is -2.32. The van der Waals surface area contributed by atoms with E-state index in [1.807, 2.05) is 6.07 Å². The maximum Gasteiger partial charge on any atom is 0.251 e. The van der Waals surface area contributed by atoms with Crippen LogP contribution in [0, 0.1) is 6.92 Å². The number of nitrogens with zero attached hydrogens (tertiary/aromatic N) is 1. The maximum atomic E-state index is 12.6. The number of phenols is 1. The second kappa shape index (κ2) is 9.74. The standard InChI is InChI=1S/C26H33N3O3/c1-17-6-8-20(14-24(17)30)26(32)27-16-18-7-10-22-19(13-18)9-11-23(22)28-25(31)15-21-5-3-4-12-29(21)2/h6-8,10,13-14,21,23,30H,3-5,9,11-12,15-16H2,1-2H3,(H,27,32)(H,28,31)/t21-,23+/m1/s1. The number of piperidine rings is 1. The Morgan fingerprint density at radius 2 is 1.97 bits per heavy atom. The van der Waals surface area contributed by atoms with Gasteiger partial charge in [0.1, 0.15) is 5.75 Å². The Hall–Kier alpha value is -2.86. The molecule has 4 rings (SSSR count). The van der Waals surface area contributed by atoms with Crippen molar-refractivity contribution in [1.29, 1.82) is 0 Å². The molecule has 0 radical (unpaired) electrons. The van der Waals surface area contributed by atoms with Crippen LogP contribution in [0.1, 0.15) is 70.8 Å². The van der Waals surface area contributed by atoms with E-state index in [1.165, 1.54) is 30.0 Å². The molecular formula is C26H33N3O3. The van der Waals surface area contributed by atoms with Crippen LogP contribution in [-0.2, 0) is 17.8 Å². The van der Waals surface area contributed by atoms with E-state index >= 15 is 0 Å². The Bertz CT molecular complexity index is 1000. The number of carbonyl (C=O) groups excluding carboxylic acids is 2. The smallest absolute Gasteiger partial charge is 0.251 e. The van der Waals surface area contributed by atoms with E-state index < -0.39 is 0 Å². The van der Waals surface area contributed by atoms with Gasteiger partial charge in [0.25, 0.3) is 5.91 Å². The van der Waals surface area contributed by atoms with Crippen LogP contribution in [0.2, 0.25) is 0 Å². The molecule has 0 saturated carbocycles. The average Bonchev–Trinajstić information content (AvgIpc) is 3.17. The van der Waals surface area contributed by atoms with Gasteiger partial charge in [-0.05, 0) is 80.6 Å². The van der Waals surface area contributed by atoms with Crippen molar-refractivity contribution in [3.63, 3.8) is 0 Å².